The van der Waals surface area contributed by atoms with Crippen LogP contribution in [-0.4, -0.2) is 40.6 Å². The summed E-state index contributed by atoms with van der Waals surface area (Å²) in [5, 5.41) is -0.185. The SMILES string of the molecule is COCCN1C(=O)[C@@H](Cc2ccc(OCc3ccc(C)cc3)c(Br)c2)SC1=S. The molecule has 0 N–H and O–H groups in total. The number of halogens is 1. The van der Waals surface area contributed by atoms with Gasteiger partial charge >= 0.3 is 0 Å². The van der Waals surface area contributed by atoms with Gasteiger partial charge in [-0.05, 0) is 52.5 Å². The molecule has 0 spiro atoms. The second-order valence-electron chi connectivity index (χ2n) is 6.60. The third-order valence-corrected chi connectivity index (χ3v) is 6.66. The van der Waals surface area contributed by atoms with Gasteiger partial charge in [-0.25, -0.2) is 0 Å². The van der Waals surface area contributed by atoms with Crippen LogP contribution in [0.2, 0.25) is 0 Å². The van der Waals surface area contributed by atoms with E-state index in [2.05, 4.69) is 47.1 Å². The molecule has 0 saturated carbocycles. The molecule has 2 aromatic rings. The standard InChI is InChI=1S/C21H22BrNO3S2/c1-14-3-5-15(6-4-14)13-26-18-8-7-16(11-17(18)22)12-19-20(24)23(9-10-25-2)21(27)28-19/h3-8,11,19H,9-10,12-13H2,1-2H3/t19-/m1/s1. The number of ether oxygens (including phenoxy) is 2. The number of thioether (sulfide) groups is 1. The van der Waals surface area contributed by atoms with Crippen LogP contribution in [0.25, 0.3) is 0 Å². The molecule has 1 saturated heterocycles. The van der Waals surface area contributed by atoms with Crippen LogP contribution in [0, 0.1) is 6.92 Å². The van der Waals surface area contributed by atoms with E-state index < -0.39 is 0 Å². The third-order valence-electron chi connectivity index (χ3n) is 4.46. The highest BCUT2D eigenvalue weighted by atomic mass is 79.9. The molecule has 1 aliphatic rings. The fourth-order valence-corrected chi connectivity index (χ4v) is 4.99. The van der Waals surface area contributed by atoms with E-state index in [1.54, 1.807) is 12.0 Å². The summed E-state index contributed by atoms with van der Waals surface area (Å²) in [6.45, 7) is 3.57. The Balaban J connectivity index is 1.60. The first kappa shape index (κ1) is 21.3. The molecule has 0 aromatic heterocycles. The second kappa shape index (κ2) is 9.87. The lowest BCUT2D eigenvalue weighted by molar-refractivity contribution is -0.126. The molecule has 3 rings (SSSR count). The van der Waals surface area contributed by atoms with Crippen molar-refractivity contribution in [3.05, 3.63) is 63.6 Å². The fraction of sp³-hybridized carbons (Fsp3) is 0.333. The van der Waals surface area contributed by atoms with E-state index in [1.807, 2.05) is 18.2 Å². The molecule has 4 nitrogen and oxygen atoms in total. The Bertz CT molecular complexity index is 857. The zero-order chi connectivity index (χ0) is 20.1. The van der Waals surface area contributed by atoms with Gasteiger partial charge in [-0.2, -0.15) is 0 Å². The highest BCUT2D eigenvalue weighted by Gasteiger charge is 2.36. The molecule has 1 amide bonds. The molecule has 1 aliphatic heterocycles. The average Bonchev–Trinajstić information content (AvgIpc) is 2.94. The second-order valence-corrected chi connectivity index (χ2v) is 9.29. The molecule has 0 unspecified atom stereocenters. The van der Waals surface area contributed by atoms with E-state index in [4.69, 9.17) is 21.7 Å². The minimum atomic E-state index is -0.185. The van der Waals surface area contributed by atoms with Crippen molar-refractivity contribution < 1.29 is 14.3 Å². The Morgan fingerprint density at radius 1 is 1.18 bits per heavy atom. The average molecular weight is 480 g/mol. The molecular formula is C21H22BrNO3S2. The van der Waals surface area contributed by atoms with Gasteiger partial charge in [0.15, 0.2) is 0 Å². The van der Waals surface area contributed by atoms with Crippen LogP contribution >= 0.6 is 39.9 Å². The van der Waals surface area contributed by atoms with Crippen LogP contribution in [-0.2, 0) is 22.6 Å². The lowest BCUT2D eigenvalue weighted by Crippen LogP contribution is -2.34. The summed E-state index contributed by atoms with van der Waals surface area (Å²) in [5.74, 6) is 0.842. The largest absolute Gasteiger partial charge is 0.488 e. The van der Waals surface area contributed by atoms with Gasteiger partial charge < -0.3 is 9.47 Å². The van der Waals surface area contributed by atoms with Crippen molar-refractivity contribution in [3.63, 3.8) is 0 Å². The Morgan fingerprint density at radius 2 is 1.89 bits per heavy atom. The fourth-order valence-electron chi connectivity index (χ4n) is 2.86. The molecule has 28 heavy (non-hydrogen) atoms. The zero-order valence-corrected chi connectivity index (χ0v) is 19.0. The Kier molecular flexibility index (Phi) is 7.51. The number of thiocarbonyl (C=S) groups is 1. The lowest BCUT2D eigenvalue weighted by Gasteiger charge is -2.15. The minimum absolute atomic E-state index is 0.0582. The van der Waals surface area contributed by atoms with Crippen molar-refractivity contribution >= 4 is 50.1 Å². The molecule has 1 fully saturated rings. The number of methoxy groups -OCH3 is 1. The first-order valence-electron chi connectivity index (χ1n) is 8.95. The Hall–Kier alpha value is -1.41. The van der Waals surface area contributed by atoms with E-state index in [-0.39, 0.29) is 11.2 Å². The van der Waals surface area contributed by atoms with E-state index in [0.29, 0.717) is 30.5 Å². The molecule has 1 atom stereocenters. The molecule has 0 radical (unpaired) electrons. The van der Waals surface area contributed by atoms with Crippen LogP contribution in [0.1, 0.15) is 16.7 Å². The monoisotopic (exact) mass is 479 g/mol. The molecule has 7 heteroatoms. The summed E-state index contributed by atoms with van der Waals surface area (Å²) in [6, 6.07) is 14.3. The quantitative estimate of drug-likeness (QED) is 0.510. The summed E-state index contributed by atoms with van der Waals surface area (Å²) < 4.78 is 12.5. The highest BCUT2D eigenvalue weighted by molar-refractivity contribution is 9.10. The number of nitrogens with zero attached hydrogens (tertiary/aromatic N) is 1. The van der Waals surface area contributed by atoms with E-state index in [1.165, 1.54) is 17.3 Å². The van der Waals surface area contributed by atoms with Gasteiger partial charge in [0.05, 0.1) is 22.9 Å². The van der Waals surface area contributed by atoms with E-state index in [0.717, 1.165) is 21.3 Å². The van der Waals surface area contributed by atoms with Crippen LogP contribution < -0.4 is 4.74 Å². The van der Waals surface area contributed by atoms with Crippen LogP contribution in [0.3, 0.4) is 0 Å². The number of hydrogen-bond donors (Lipinski definition) is 0. The number of carbonyl (C=O) groups is 1. The maximum Gasteiger partial charge on any atom is 0.242 e. The van der Waals surface area contributed by atoms with E-state index >= 15 is 0 Å². The maximum absolute atomic E-state index is 12.6. The first-order chi connectivity index (χ1) is 13.5. The number of benzene rings is 2. The summed E-state index contributed by atoms with van der Waals surface area (Å²) in [5.41, 5.74) is 3.42. The summed E-state index contributed by atoms with van der Waals surface area (Å²) in [7, 11) is 1.62. The van der Waals surface area contributed by atoms with Gasteiger partial charge in [-0.15, -0.1) is 0 Å². The normalized spacial score (nSPS) is 16.7. The van der Waals surface area contributed by atoms with Gasteiger partial charge in [-0.3, -0.25) is 9.69 Å². The van der Waals surface area contributed by atoms with Crippen molar-refractivity contribution in [2.75, 3.05) is 20.3 Å². The van der Waals surface area contributed by atoms with Gasteiger partial charge in [0.2, 0.25) is 5.91 Å². The van der Waals surface area contributed by atoms with Crippen LogP contribution in [0.15, 0.2) is 46.9 Å². The van der Waals surface area contributed by atoms with E-state index in [9.17, 15) is 4.79 Å². The number of aryl methyl sites for hydroxylation is 1. The van der Waals surface area contributed by atoms with Gasteiger partial charge in [-0.1, -0.05) is 59.9 Å². The highest BCUT2D eigenvalue weighted by Crippen LogP contribution is 2.32. The van der Waals surface area contributed by atoms with Crippen LogP contribution in [0.4, 0.5) is 0 Å². The smallest absolute Gasteiger partial charge is 0.242 e. The van der Waals surface area contributed by atoms with Crippen molar-refractivity contribution in [2.45, 2.75) is 25.2 Å². The molecule has 2 aromatic carbocycles. The maximum atomic E-state index is 12.6. The van der Waals surface area contributed by atoms with Crippen molar-refractivity contribution in [1.29, 1.82) is 0 Å². The topological polar surface area (TPSA) is 38.8 Å². The van der Waals surface area contributed by atoms with Crippen LogP contribution in [0.5, 0.6) is 5.75 Å². The Labute approximate surface area is 183 Å². The number of hydrogen-bond acceptors (Lipinski definition) is 5. The Morgan fingerprint density at radius 3 is 2.57 bits per heavy atom. The first-order valence-corrected chi connectivity index (χ1v) is 11.0. The number of rotatable bonds is 8. The molecular weight excluding hydrogens is 458 g/mol. The summed E-state index contributed by atoms with van der Waals surface area (Å²) in [4.78, 5) is 14.2. The molecule has 1 heterocycles. The predicted octanol–water partition coefficient (Wildman–Crippen LogP) is 4.75. The molecule has 0 aliphatic carbocycles. The third kappa shape index (κ3) is 5.35. The van der Waals surface area contributed by atoms with Gasteiger partial charge in [0, 0.05) is 7.11 Å². The zero-order valence-electron chi connectivity index (χ0n) is 15.8. The van der Waals surface area contributed by atoms with Gasteiger partial charge in [0.1, 0.15) is 16.7 Å². The number of carbonyl (C=O) groups excluding carboxylic acids is 1. The van der Waals surface area contributed by atoms with Gasteiger partial charge in [0.25, 0.3) is 0 Å². The summed E-state index contributed by atoms with van der Waals surface area (Å²) >= 11 is 10.4. The predicted molar refractivity (Wildman–Crippen MR) is 121 cm³/mol. The number of amides is 1. The molecule has 0 bridgehead atoms. The van der Waals surface area contributed by atoms with Crippen molar-refractivity contribution in [3.8, 4) is 5.75 Å². The minimum Gasteiger partial charge on any atom is -0.488 e. The van der Waals surface area contributed by atoms with Crippen molar-refractivity contribution in [2.24, 2.45) is 0 Å². The molecule has 148 valence electrons. The summed E-state index contributed by atoms with van der Waals surface area (Å²) in [6.07, 6.45) is 0.629. The van der Waals surface area contributed by atoms with Crippen molar-refractivity contribution in [1.82, 2.24) is 4.90 Å². The lowest BCUT2D eigenvalue weighted by atomic mass is 10.1.